The first-order chi connectivity index (χ1) is 9.95. The van der Waals surface area contributed by atoms with Crippen molar-refractivity contribution in [2.45, 2.75) is 38.1 Å². The molecule has 21 heavy (non-hydrogen) atoms. The van der Waals surface area contributed by atoms with Crippen molar-refractivity contribution in [1.82, 2.24) is 19.8 Å². The van der Waals surface area contributed by atoms with Gasteiger partial charge < -0.3 is 10.1 Å². The Morgan fingerprint density at radius 2 is 2.19 bits per heavy atom. The third-order valence-electron chi connectivity index (χ3n) is 3.41. The van der Waals surface area contributed by atoms with Gasteiger partial charge in [0.15, 0.2) is 5.65 Å². The van der Waals surface area contributed by atoms with Crippen molar-refractivity contribution < 1.29 is 17.9 Å². The second-order valence-corrected chi connectivity index (χ2v) is 4.99. The van der Waals surface area contributed by atoms with Crippen LogP contribution in [0.3, 0.4) is 0 Å². The van der Waals surface area contributed by atoms with E-state index in [1.165, 1.54) is 6.07 Å². The summed E-state index contributed by atoms with van der Waals surface area (Å²) < 4.78 is 44.6. The average Bonchev–Trinajstić information content (AvgIpc) is 3.06. The SMILES string of the molecule is CC(Nc1ccc2nnc(C(F)(F)F)n2n1)C1CCCO1. The molecule has 0 aliphatic carbocycles. The van der Waals surface area contributed by atoms with Crippen molar-refractivity contribution in [2.75, 3.05) is 11.9 Å². The van der Waals surface area contributed by atoms with Crippen LogP contribution in [0.15, 0.2) is 12.1 Å². The normalized spacial score (nSPS) is 20.9. The average molecular weight is 301 g/mol. The molecule has 114 valence electrons. The van der Waals surface area contributed by atoms with Gasteiger partial charge in [-0.15, -0.1) is 15.3 Å². The fourth-order valence-corrected chi connectivity index (χ4v) is 2.37. The van der Waals surface area contributed by atoms with Crippen LogP contribution in [0, 0.1) is 0 Å². The van der Waals surface area contributed by atoms with Crippen molar-refractivity contribution in [1.29, 1.82) is 0 Å². The van der Waals surface area contributed by atoms with Gasteiger partial charge >= 0.3 is 6.18 Å². The highest BCUT2D eigenvalue weighted by atomic mass is 19.4. The van der Waals surface area contributed by atoms with Crippen LogP contribution in [0.5, 0.6) is 0 Å². The van der Waals surface area contributed by atoms with E-state index < -0.39 is 12.0 Å². The quantitative estimate of drug-likeness (QED) is 0.941. The van der Waals surface area contributed by atoms with E-state index in [4.69, 9.17) is 4.74 Å². The van der Waals surface area contributed by atoms with Crippen LogP contribution < -0.4 is 5.32 Å². The minimum absolute atomic E-state index is 0.0386. The van der Waals surface area contributed by atoms with Crippen LogP contribution >= 0.6 is 0 Å². The molecular weight excluding hydrogens is 287 g/mol. The lowest BCUT2D eigenvalue weighted by molar-refractivity contribution is -0.146. The number of alkyl halides is 3. The number of rotatable bonds is 3. The third kappa shape index (κ3) is 2.78. The van der Waals surface area contributed by atoms with Crippen LogP contribution in [-0.4, -0.2) is 38.6 Å². The highest BCUT2D eigenvalue weighted by molar-refractivity contribution is 5.44. The molecule has 3 rings (SSSR count). The molecule has 2 aromatic rings. The van der Waals surface area contributed by atoms with Gasteiger partial charge in [-0.3, -0.25) is 0 Å². The van der Waals surface area contributed by atoms with Crippen molar-refractivity contribution in [2.24, 2.45) is 0 Å². The Morgan fingerprint density at radius 1 is 1.38 bits per heavy atom. The Morgan fingerprint density at radius 3 is 2.86 bits per heavy atom. The zero-order valence-electron chi connectivity index (χ0n) is 11.3. The number of fused-ring (bicyclic) bond motifs is 1. The summed E-state index contributed by atoms with van der Waals surface area (Å²) in [7, 11) is 0. The summed E-state index contributed by atoms with van der Waals surface area (Å²) in [6.45, 7) is 2.63. The molecular formula is C12H14F3N5O. The number of nitrogens with one attached hydrogen (secondary N) is 1. The molecule has 3 heterocycles. The second kappa shape index (κ2) is 5.14. The van der Waals surface area contributed by atoms with Gasteiger partial charge in [-0.2, -0.15) is 17.7 Å². The van der Waals surface area contributed by atoms with E-state index in [9.17, 15) is 13.2 Å². The molecule has 6 nitrogen and oxygen atoms in total. The molecule has 0 bridgehead atoms. The maximum atomic E-state index is 12.8. The standard InChI is InChI=1S/C12H14F3N5O/c1-7(8-3-2-6-21-8)16-9-4-5-10-17-18-11(12(13,14)15)20(10)19-9/h4-5,7-8H,2-3,6H2,1H3,(H,16,19). The molecule has 1 aliphatic rings. The zero-order valence-corrected chi connectivity index (χ0v) is 11.3. The van der Waals surface area contributed by atoms with E-state index in [-0.39, 0.29) is 17.8 Å². The Hall–Kier alpha value is -1.90. The maximum absolute atomic E-state index is 12.8. The molecule has 0 amide bonds. The molecule has 2 unspecified atom stereocenters. The van der Waals surface area contributed by atoms with Gasteiger partial charge in [-0.25, -0.2) is 0 Å². The van der Waals surface area contributed by atoms with Crippen LogP contribution in [0.25, 0.3) is 5.65 Å². The predicted octanol–water partition coefficient (Wildman–Crippen LogP) is 2.12. The summed E-state index contributed by atoms with van der Waals surface area (Å²) in [5, 5.41) is 13.6. The van der Waals surface area contributed by atoms with Crippen molar-refractivity contribution >= 4 is 11.5 Å². The molecule has 0 saturated carbocycles. The number of hydrogen-bond donors (Lipinski definition) is 1. The summed E-state index contributed by atoms with van der Waals surface area (Å²) in [6.07, 6.45) is -2.62. The lowest BCUT2D eigenvalue weighted by Crippen LogP contribution is -2.30. The first-order valence-electron chi connectivity index (χ1n) is 6.63. The largest absolute Gasteiger partial charge is 0.453 e. The van der Waals surface area contributed by atoms with E-state index >= 15 is 0 Å². The van der Waals surface area contributed by atoms with Crippen LogP contribution in [-0.2, 0) is 10.9 Å². The topological polar surface area (TPSA) is 64.3 Å². The van der Waals surface area contributed by atoms with Crippen LogP contribution in [0.2, 0.25) is 0 Å². The maximum Gasteiger partial charge on any atom is 0.453 e. The van der Waals surface area contributed by atoms with Gasteiger partial charge in [0.05, 0.1) is 12.1 Å². The number of halogens is 3. The first-order valence-corrected chi connectivity index (χ1v) is 6.63. The van der Waals surface area contributed by atoms with Gasteiger partial charge in [0.1, 0.15) is 5.82 Å². The van der Waals surface area contributed by atoms with E-state index in [1.807, 2.05) is 6.92 Å². The summed E-state index contributed by atoms with van der Waals surface area (Å²) in [5.74, 6) is -0.804. The summed E-state index contributed by atoms with van der Waals surface area (Å²) in [5.41, 5.74) is 0.0534. The van der Waals surface area contributed by atoms with Gasteiger partial charge in [0, 0.05) is 6.61 Å². The van der Waals surface area contributed by atoms with Gasteiger partial charge in [0.25, 0.3) is 5.82 Å². The van der Waals surface area contributed by atoms with Crippen molar-refractivity contribution in [3.8, 4) is 0 Å². The molecule has 1 aliphatic heterocycles. The lowest BCUT2D eigenvalue weighted by atomic mass is 10.1. The molecule has 1 saturated heterocycles. The van der Waals surface area contributed by atoms with Crippen molar-refractivity contribution in [3.05, 3.63) is 18.0 Å². The third-order valence-corrected chi connectivity index (χ3v) is 3.41. The lowest BCUT2D eigenvalue weighted by Gasteiger charge is -2.20. The Kier molecular flexibility index (Phi) is 3.44. The molecule has 0 radical (unpaired) electrons. The van der Waals surface area contributed by atoms with Gasteiger partial charge in [-0.05, 0) is 31.9 Å². The molecule has 1 N–H and O–H groups in total. The number of nitrogens with zero attached hydrogens (tertiary/aromatic N) is 4. The summed E-state index contributed by atoms with van der Waals surface area (Å²) in [4.78, 5) is 0. The Labute approximate surface area is 118 Å². The van der Waals surface area contributed by atoms with E-state index in [0.29, 0.717) is 16.9 Å². The molecule has 0 spiro atoms. The Bertz CT molecular complexity index is 635. The Balaban J connectivity index is 1.86. The minimum atomic E-state index is -4.59. The van der Waals surface area contributed by atoms with E-state index in [0.717, 1.165) is 12.8 Å². The van der Waals surface area contributed by atoms with Crippen molar-refractivity contribution in [3.63, 3.8) is 0 Å². The fraction of sp³-hybridized carbons (Fsp3) is 0.583. The second-order valence-electron chi connectivity index (χ2n) is 4.99. The van der Waals surface area contributed by atoms with E-state index in [2.05, 4.69) is 20.6 Å². The highest BCUT2D eigenvalue weighted by Gasteiger charge is 2.37. The van der Waals surface area contributed by atoms with E-state index in [1.54, 1.807) is 6.07 Å². The minimum Gasteiger partial charge on any atom is -0.376 e. The number of ether oxygens (including phenoxy) is 1. The molecule has 9 heteroatoms. The highest BCUT2D eigenvalue weighted by Crippen LogP contribution is 2.27. The van der Waals surface area contributed by atoms with Gasteiger partial charge in [-0.1, -0.05) is 0 Å². The smallest absolute Gasteiger partial charge is 0.376 e. The number of aromatic nitrogens is 4. The molecule has 2 atom stereocenters. The zero-order chi connectivity index (χ0) is 15.0. The van der Waals surface area contributed by atoms with Crippen LogP contribution in [0.1, 0.15) is 25.6 Å². The first kappa shape index (κ1) is 14.1. The molecule has 1 fully saturated rings. The predicted molar refractivity (Wildman–Crippen MR) is 67.8 cm³/mol. The summed E-state index contributed by atoms with van der Waals surface area (Å²) in [6, 6.07) is 2.98. The fourth-order valence-electron chi connectivity index (χ4n) is 2.37. The number of hydrogen-bond acceptors (Lipinski definition) is 5. The number of anilines is 1. The van der Waals surface area contributed by atoms with Crippen LogP contribution in [0.4, 0.5) is 19.0 Å². The molecule has 0 aromatic carbocycles. The monoisotopic (exact) mass is 301 g/mol. The van der Waals surface area contributed by atoms with Gasteiger partial charge in [0.2, 0.25) is 0 Å². The summed E-state index contributed by atoms with van der Waals surface area (Å²) >= 11 is 0. The molecule has 2 aromatic heterocycles.